The molecule has 0 spiro atoms. The largest absolute Gasteiger partial charge is 0.480 e. The van der Waals surface area contributed by atoms with E-state index in [4.69, 9.17) is 5.11 Å². The Morgan fingerprint density at radius 3 is 2.18 bits per heavy atom. The van der Waals surface area contributed by atoms with Crippen molar-refractivity contribution in [3.8, 4) is 0 Å². The molecule has 0 aromatic rings. The van der Waals surface area contributed by atoms with Gasteiger partial charge in [-0.3, -0.25) is 4.79 Å². The highest BCUT2D eigenvalue weighted by molar-refractivity contribution is 5.85. The number of carboxylic acid groups (broad SMARTS) is 1. The van der Waals surface area contributed by atoms with Gasteiger partial charge in [0.1, 0.15) is 6.04 Å². The molecule has 96 valence electrons. The summed E-state index contributed by atoms with van der Waals surface area (Å²) >= 11 is 0. The molecule has 1 atom stereocenters. The summed E-state index contributed by atoms with van der Waals surface area (Å²) in [5.41, 5.74) is 0. The standard InChI is InChI=1S/C13H21NO3/c1-8-2-4-10(5-3-8)12(15)14-11(13(16)17)9-6-7-9/h8-11H,2-7H2,1H3,(H,14,15)(H,16,17). The Labute approximate surface area is 102 Å². The van der Waals surface area contributed by atoms with E-state index in [-0.39, 0.29) is 17.7 Å². The summed E-state index contributed by atoms with van der Waals surface area (Å²) in [6.45, 7) is 2.21. The zero-order chi connectivity index (χ0) is 12.4. The van der Waals surface area contributed by atoms with E-state index in [1.165, 1.54) is 0 Å². The van der Waals surface area contributed by atoms with Gasteiger partial charge >= 0.3 is 5.97 Å². The van der Waals surface area contributed by atoms with Crippen molar-refractivity contribution in [1.29, 1.82) is 0 Å². The van der Waals surface area contributed by atoms with Gasteiger partial charge in [0.15, 0.2) is 0 Å². The Kier molecular flexibility index (Phi) is 3.69. The van der Waals surface area contributed by atoms with Gasteiger partial charge in [0.25, 0.3) is 0 Å². The van der Waals surface area contributed by atoms with Gasteiger partial charge in [-0.2, -0.15) is 0 Å². The normalized spacial score (nSPS) is 30.6. The zero-order valence-corrected chi connectivity index (χ0v) is 10.3. The molecule has 0 radical (unpaired) electrons. The van der Waals surface area contributed by atoms with E-state index in [0.29, 0.717) is 5.92 Å². The summed E-state index contributed by atoms with van der Waals surface area (Å²) in [5.74, 6) is -0.0234. The summed E-state index contributed by atoms with van der Waals surface area (Å²) < 4.78 is 0. The van der Waals surface area contributed by atoms with Crippen LogP contribution in [-0.4, -0.2) is 23.0 Å². The van der Waals surface area contributed by atoms with E-state index in [1.807, 2.05) is 0 Å². The average Bonchev–Trinajstić information content (AvgIpc) is 3.10. The van der Waals surface area contributed by atoms with Gasteiger partial charge in [0.05, 0.1) is 0 Å². The number of amides is 1. The molecule has 17 heavy (non-hydrogen) atoms. The molecule has 4 nitrogen and oxygen atoms in total. The first kappa shape index (κ1) is 12.4. The molecule has 0 aromatic carbocycles. The quantitative estimate of drug-likeness (QED) is 0.786. The summed E-state index contributed by atoms with van der Waals surface area (Å²) in [4.78, 5) is 23.0. The van der Waals surface area contributed by atoms with Crippen LogP contribution in [0, 0.1) is 17.8 Å². The maximum Gasteiger partial charge on any atom is 0.326 e. The Balaban J connectivity index is 1.85. The second-order valence-corrected chi connectivity index (χ2v) is 5.62. The molecule has 2 aliphatic carbocycles. The molecule has 0 bridgehead atoms. The number of carbonyl (C=O) groups excluding carboxylic acids is 1. The van der Waals surface area contributed by atoms with Crippen LogP contribution in [0.2, 0.25) is 0 Å². The lowest BCUT2D eigenvalue weighted by molar-refractivity contribution is -0.143. The van der Waals surface area contributed by atoms with Crippen LogP contribution >= 0.6 is 0 Å². The van der Waals surface area contributed by atoms with Gasteiger partial charge < -0.3 is 10.4 Å². The number of hydrogen-bond acceptors (Lipinski definition) is 2. The minimum Gasteiger partial charge on any atom is -0.480 e. The topological polar surface area (TPSA) is 66.4 Å². The molecule has 0 saturated heterocycles. The molecule has 2 N–H and O–H groups in total. The third kappa shape index (κ3) is 3.20. The first-order valence-corrected chi connectivity index (χ1v) is 6.61. The number of hydrogen-bond donors (Lipinski definition) is 2. The van der Waals surface area contributed by atoms with E-state index in [1.54, 1.807) is 0 Å². The lowest BCUT2D eigenvalue weighted by Crippen LogP contribution is -2.45. The molecular weight excluding hydrogens is 218 g/mol. The molecule has 2 rings (SSSR count). The van der Waals surface area contributed by atoms with Crippen molar-refractivity contribution in [2.75, 3.05) is 0 Å². The maximum atomic E-state index is 12.0. The van der Waals surface area contributed by atoms with Gasteiger partial charge in [-0.05, 0) is 50.4 Å². The third-order valence-corrected chi connectivity index (χ3v) is 4.04. The highest BCUT2D eigenvalue weighted by atomic mass is 16.4. The number of carbonyl (C=O) groups is 2. The first-order valence-electron chi connectivity index (χ1n) is 6.61. The monoisotopic (exact) mass is 239 g/mol. The van der Waals surface area contributed by atoms with Crippen LogP contribution in [0.3, 0.4) is 0 Å². The van der Waals surface area contributed by atoms with Crippen molar-refractivity contribution >= 4 is 11.9 Å². The van der Waals surface area contributed by atoms with Crippen LogP contribution in [0.5, 0.6) is 0 Å². The molecule has 1 unspecified atom stereocenters. The van der Waals surface area contributed by atoms with Gasteiger partial charge in [-0.1, -0.05) is 6.92 Å². The van der Waals surface area contributed by atoms with Crippen molar-refractivity contribution in [2.45, 2.75) is 51.5 Å². The lowest BCUT2D eigenvalue weighted by Gasteiger charge is -2.26. The maximum absolute atomic E-state index is 12.0. The van der Waals surface area contributed by atoms with Crippen molar-refractivity contribution in [2.24, 2.45) is 17.8 Å². The predicted molar refractivity (Wildman–Crippen MR) is 63.4 cm³/mol. The minimum atomic E-state index is -0.884. The summed E-state index contributed by atoms with van der Waals surface area (Å²) in [5, 5.41) is 11.8. The SMILES string of the molecule is CC1CCC(C(=O)NC(C(=O)O)C2CC2)CC1. The van der Waals surface area contributed by atoms with Gasteiger partial charge in [-0.15, -0.1) is 0 Å². The van der Waals surface area contributed by atoms with E-state index >= 15 is 0 Å². The fraction of sp³-hybridized carbons (Fsp3) is 0.846. The van der Waals surface area contributed by atoms with Crippen LogP contribution in [-0.2, 0) is 9.59 Å². The molecule has 0 aliphatic heterocycles. The average molecular weight is 239 g/mol. The van der Waals surface area contributed by atoms with Crippen molar-refractivity contribution < 1.29 is 14.7 Å². The summed E-state index contributed by atoms with van der Waals surface area (Å²) in [7, 11) is 0. The summed E-state index contributed by atoms with van der Waals surface area (Å²) in [6.07, 6.45) is 5.84. The second-order valence-electron chi connectivity index (χ2n) is 5.62. The highest BCUT2D eigenvalue weighted by Gasteiger charge is 2.38. The van der Waals surface area contributed by atoms with E-state index < -0.39 is 12.0 Å². The Hall–Kier alpha value is -1.06. The Morgan fingerprint density at radius 2 is 1.71 bits per heavy atom. The zero-order valence-electron chi connectivity index (χ0n) is 10.3. The molecular formula is C13H21NO3. The lowest BCUT2D eigenvalue weighted by atomic mass is 9.82. The number of carboxylic acids is 1. The molecule has 4 heteroatoms. The van der Waals surface area contributed by atoms with E-state index in [2.05, 4.69) is 12.2 Å². The van der Waals surface area contributed by atoms with Crippen molar-refractivity contribution in [1.82, 2.24) is 5.32 Å². The van der Waals surface area contributed by atoms with Crippen LogP contribution in [0.15, 0.2) is 0 Å². The molecule has 1 amide bonds. The fourth-order valence-corrected chi connectivity index (χ4v) is 2.60. The third-order valence-electron chi connectivity index (χ3n) is 4.04. The second kappa shape index (κ2) is 5.07. The van der Waals surface area contributed by atoms with Crippen molar-refractivity contribution in [3.63, 3.8) is 0 Å². The Morgan fingerprint density at radius 1 is 1.12 bits per heavy atom. The molecule has 2 saturated carbocycles. The van der Waals surface area contributed by atoms with Gasteiger partial charge in [-0.25, -0.2) is 4.79 Å². The first-order chi connectivity index (χ1) is 8.08. The molecule has 2 aliphatic rings. The van der Waals surface area contributed by atoms with Crippen LogP contribution in [0.4, 0.5) is 0 Å². The molecule has 0 heterocycles. The number of rotatable bonds is 4. The number of aliphatic carboxylic acids is 1. The van der Waals surface area contributed by atoms with E-state index in [0.717, 1.165) is 38.5 Å². The predicted octanol–water partition coefficient (Wildman–Crippen LogP) is 1.79. The van der Waals surface area contributed by atoms with Crippen LogP contribution < -0.4 is 5.32 Å². The minimum absolute atomic E-state index is 0.0341. The highest BCUT2D eigenvalue weighted by Crippen LogP contribution is 2.34. The smallest absolute Gasteiger partial charge is 0.326 e. The Bertz CT molecular complexity index is 304. The fourth-order valence-electron chi connectivity index (χ4n) is 2.60. The molecule has 0 aromatic heterocycles. The van der Waals surface area contributed by atoms with Gasteiger partial charge in [0, 0.05) is 5.92 Å². The molecule has 2 fully saturated rings. The van der Waals surface area contributed by atoms with Crippen LogP contribution in [0.25, 0.3) is 0 Å². The van der Waals surface area contributed by atoms with Crippen LogP contribution in [0.1, 0.15) is 45.4 Å². The van der Waals surface area contributed by atoms with E-state index in [9.17, 15) is 9.59 Å². The van der Waals surface area contributed by atoms with Gasteiger partial charge in [0.2, 0.25) is 5.91 Å². The van der Waals surface area contributed by atoms with Crippen molar-refractivity contribution in [3.05, 3.63) is 0 Å². The number of nitrogens with one attached hydrogen (secondary N) is 1. The summed E-state index contributed by atoms with van der Waals surface area (Å²) in [6, 6.07) is -0.651.